The molecule has 2 aliphatic rings. The normalized spacial score (nSPS) is 18.8. The standard InChI is InChI=1S/C29H36N4O5/c1-18(2)16-38-28-23-9-11-37-27(23)22(12-19-4-6-20(7-5-19)25-15-33(3)32-31-25)13-24(28)29(35)30-14-21-8-10-36-17-26(21)34/h4-7,13,15,18,21,26,34H,8-12,14,16-17H2,1-3H3,(H,30,35)/t21?,26-/m0/s1. The van der Waals surface area contributed by atoms with Crippen molar-refractivity contribution in [3.8, 4) is 22.8 Å². The molecule has 2 aromatic carbocycles. The minimum absolute atomic E-state index is 0.0298. The van der Waals surface area contributed by atoms with E-state index in [1.165, 1.54) is 0 Å². The zero-order valence-electron chi connectivity index (χ0n) is 22.3. The van der Waals surface area contributed by atoms with Gasteiger partial charge in [0, 0.05) is 50.1 Å². The average Bonchev–Trinajstić information content (AvgIpc) is 3.57. The van der Waals surface area contributed by atoms with Gasteiger partial charge in [0.2, 0.25) is 0 Å². The molecule has 1 aromatic heterocycles. The second kappa shape index (κ2) is 11.5. The minimum atomic E-state index is -0.575. The summed E-state index contributed by atoms with van der Waals surface area (Å²) in [7, 11) is 1.85. The Balaban J connectivity index is 1.42. The molecule has 202 valence electrons. The van der Waals surface area contributed by atoms with Gasteiger partial charge in [-0.05, 0) is 29.5 Å². The number of nitrogens with one attached hydrogen (secondary N) is 1. The van der Waals surface area contributed by atoms with Crippen LogP contribution in [0.15, 0.2) is 36.5 Å². The molecule has 1 amide bonds. The number of aryl methyl sites for hydroxylation is 1. The molecular formula is C29H36N4O5. The molecule has 1 unspecified atom stereocenters. The van der Waals surface area contributed by atoms with E-state index in [1.54, 1.807) is 4.68 Å². The van der Waals surface area contributed by atoms with Crippen molar-refractivity contribution >= 4 is 5.91 Å². The molecule has 38 heavy (non-hydrogen) atoms. The van der Waals surface area contributed by atoms with E-state index in [2.05, 4.69) is 41.6 Å². The number of nitrogens with zero attached hydrogens (tertiary/aromatic N) is 3. The van der Waals surface area contributed by atoms with Crippen molar-refractivity contribution in [1.82, 2.24) is 20.3 Å². The maximum atomic E-state index is 13.5. The lowest BCUT2D eigenvalue weighted by Crippen LogP contribution is -2.40. The second-order valence-corrected chi connectivity index (χ2v) is 10.6. The van der Waals surface area contributed by atoms with Crippen molar-refractivity contribution in [1.29, 1.82) is 0 Å². The van der Waals surface area contributed by atoms with E-state index >= 15 is 0 Å². The van der Waals surface area contributed by atoms with Gasteiger partial charge in [-0.3, -0.25) is 9.48 Å². The molecule has 0 aliphatic carbocycles. The number of fused-ring (bicyclic) bond motifs is 1. The number of aliphatic hydroxyl groups is 1. The van der Waals surface area contributed by atoms with Gasteiger partial charge in [-0.25, -0.2) is 0 Å². The Kier molecular flexibility index (Phi) is 7.95. The first-order chi connectivity index (χ1) is 18.4. The van der Waals surface area contributed by atoms with Crippen LogP contribution in [0.25, 0.3) is 11.3 Å². The van der Waals surface area contributed by atoms with Crippen LogP contribution in [-0.4, -0.2) is 65.1 Å². The summed E-state index contributed by atoms with van der Waals surface area (Å²) in [6.07, 6.45) is 3.34. The number of benzene rings is 2. The van der Waals surface area contributed by atoms with Crippen LogP contribution < -0.4 is 14.8 Å². The lowest BCUT2D eigenvalue weighted by molar-refractivity contribution is -0.0425. The molecule has 2 N–H and O–H groups in total. The fraction of sp³-hybridized carbons (Fsp3) is 0.483. The van der Waals surface area contributed by atoms with E-state index < -0.39 is 6.10 Å². The van der Waals surface area contributed by atoms with Crippen molar-refractivity contribution in [3.05, 3.63) is 58.8 Å². The molecule has 2 aliphatic heterocycles. The third-order valence-electron chi connectivity index (χ3n) is 7.04. The van der Waals surface area contributed by atoms with E-state index in [4.69, 9.17) is 14.2 Å². The Morgan fingerprint density at radius 2 is 2.08 bits per heavy atom. The summed E-state index contributed by atoms with van der Waals surface area (Å²) in [5.41, 5.74) is 5.35. The van der Waals surface area contributed by atoms with Crippen LogP contribution in [0.3, 0.4) is 0 Å². The Bertz CT molecular complexity index is 1270. The lowest BCUT2D eigenvalue weighted by atomic mass is 9.95. The highest BCUT2D eigenvalue weighted by Gasteiger charge is 2.29. The van der Waals surface area contributed by atoms with Gasteiger partial charge in [0.1, 0.15) is 17.2 Å². The zero-order valence-corrected chi connectivity index (χ0v) is 22.3. The Morgan fingerprint density at radius 3 is 2.79 bits per heavy atom. The van der Waals surface area contributed by atoms with E-state index in [-0.39, 0.29) is 11.8 Å². The molecule has 1 saturated heterocycles. The monoisotopic (exact) mass is 520 g/mol. The number of ether oxygens (including phenoxy) is 3. The second-order valence-electron chi connectivity index (χ2n) is 10.6. The van der Waals surface area contributed by atoms with Crippen LogP contribution in [0.2, 0.25) is 0 Å². The maximum Gasteiger partial charge on any atom is 0.255 e. The third-order valence-corrected chi connectivity index (χ3v) is 7.04. The van der Waals surface area contributed by atoms with Crippen LogP contribution in [-0.2, 0) is 24.6 Å². The topological polar surface area (TPSA) is 108 Å². The third kappa shape index (κ3) is 5.84. The molecule has 0 bridgehead atoms. The first-order valence-electron chi connectivity index (χ1n) is 13.3. The largest absolute Gasteiger partial charge is 0.493 e. The molecule has 0 saturated carbocycles. The SMILES string of the molecule is CC(C)COc1c(C(=O)NCC2CCOC[C@@H]2O)cc(Cc2ccc(-c3cn(C)nn3)cc2)c2c1CCO2. The maximum absolute atomic E-state index is 13.5. The summed E-state index contributed by atoms with van der Waals surface area (Å²) < 4.78 is 19.3. The number of amides is 1. The molecule has 0 radical (unpaired) electrons. The van der Waals surface area contributed by atoms with Crippen molar-refractivity contribution in [2.24, 2.45) is 18.9 Å². The van der Waals surface area contributed by atoms with E-state index in [0.717, 1.165) is 33.7 Å². The molecule has 3 aromatic rings. The van der Waals surface area contributed by atoms with Crippen molar-refractivity contribution in [2.45, 2.75) is 39.2 Å². The predicted octanol–water partition coefficient (Wildman–Crippen LogP) is 3.17. The van der Waals surface area contributed by atoms with Crippen LogP contribution in [0.5, 0.6) is 11.5 Å². The summed E-state index contributed by atoms with van der Waals surface area (Å²) >= 11 is 0. The minimum Gasteiger partial charge on any atom is -0.493 e. The fourth-order valence-corrected chi connectivity index (χ4v) is 4.96. The molecule has 5 rings (SSSR count). The van der Waals surface area contributed by atoms with Gasteiger partial charge in [0.25, 0.3) is 5.91 Å². The number of carbonyl (C=O) groups excluding carboxylic acids is 1. The molecule has 0 spiro atoms. The van der Waals surface area contributed by atoms with Crippen LogP contribution in [0.1, 0.15) is 47.3 Å². The smallest absolute Gasteiger partial charge is 0.255 e. The number of hydrogen-bond donors (Lipinski definition) is 2. The highest BCUT2D eigenvalue weighted by molar-refractivity contribution is 5.98. The first-order valence-corrected chi connectivity index (χ1v) is 13.3. The van der Waals surface area contributed by atoms with Gasteiger partial charge in [0.15, 0.2) is 0 Å². The summed E-state index contributed by atoms with van der Waals surface area (Å²) in [5.74, 6) is 1.51. The van der Waals surface area contributed by atoms with Crippen LogP contribution in [0, 0.1) is 11.8 Å². The quantitative estimate of drug-likeness (QED) is 0.446. The van der Waals surface area contributed by atoms with Crippen molar-refractivity contribution in [3.63, 3.8) is 0 Å². The molecule has 1 fully saturated rings. The highest BCUT2D eigenvalue weighted by atomic mass is 16.5. The van der Waals surface area contributed by atoms with Gasteiger partial charge in [-0.15, -0.1) is 5.10 Å². The fourth-order valence-electron chi connectivity index (χ4n) is 4.96. The van der Waals surface area contributed by atoms with E-state index in [1.807, 2.05) is 31.4 Å². The summed E-state index contributed by atoms with van der Waals surface area (Å²) in [6.45, 7) is 6.53. The average molecular weight is 521 g/mol. The van der Waals surface area contributed by atoms with Crippen molar-refractivity contribution in [2.75, 3.05) is 33.0 Å². The first kappa shape index (κ1) is 26.2. The Hall–Kier alpha value is -3.43. The van der Waals surface area contributed by atoms with E-state index in [9.17, 15) is 9.90 Å². The molecule has 9 heteroatoms. The highest BCUT2D eigenvalue weighted by Crippen LogP contribution is 2.41. The molecular weight excluding hydrogens is 484 g/mol. The molecule has 3 heterocycles. The Morgan fingerprint density at radius 1 is 1.26 bits per heavy atom. The lowest BCUT2D eigenvalue weighted by Gasteiger charge is -2.28. The van der Waals surface area contributed by atoms with Gasteiger partial charge >= 0.3 is 0 Å². The van der Waals surface area contributed by atoms with Crippen molar-refractivity contribution < 1.29 is 24.1 Å². The number of aliphatic hydroxyl groups excluding tert-OH is 1. The van der Waals surface area contributed by atoms with Gasteiger partial charge in [0.05, 0.1) is 37.7 Å². The van der Waals surface area contributed by atoms with Gasteiger partial charge in [-0.2, -0.15) is 0 Å². The predicted molar refractivity (Wildman–Crippen MR) is 142 cm³/mol. The van der Waals surface area contributed by atoms with Gasteiger partial charge in [-0.1, -0.05) is 43.3 Å². The molecule has 2 atom stereocenters. The number of hydrogen-bond acceptors (Lipinski definition) is 7. The van der Waals surface area contributed by atoms with Crippen LogP contribution in [0.4, 0.5) is 0 Å². The number of aromatic nitrogens is 3. The van der Waals surface area contributed by atoms with E-state index in [0.29, 0.717) is 69.5 Å². The van der Waals surface area contributed by atoms with Gasteiger partial charge < -0.3 is 24.6 Å². The summed E-state index contributed by atoms with van der Waals surface area (Å²) in [5, 5.41) is 21.5. The number of carbonyl (C=O) groups is 1. The molecule has 9 nitrogen and oxygen atoms in total. The Labute approximate surface area is 223 Å². The zero-order chi connectivity index (χ0) is 26.6. The summed E-state index contributed by atoms with van der Waals surface area (Å²) in [4.78, 5) is 13.5. The summed E-state index contributed by atoms with van der Waals surface area (Å²) in [6, 6.07) is 10.1. The van der Waals surface area contributed by atoms with Crippen LogP contribution >= 0.6 is 0 Å². The number of rotatable bonds is 9.